The summed E-state index contributed by atoms with van der Waals surface area (Å²) in [4.78, 5) is 23.8. The Morgan fingerprint density at radius 3 is 2.37 bits per heavy atom. The number of hydrogen-bond donors (Lipinski definition) is 2. The molecular formula is C19H20Cl2N2O4. The van der Waals surface area contributed by atoms with E-state index in [4.69, 9.17) is 32.7 Å². The standard InChI is InChI=1S/C19H20Cl2N2O4/c1-26-16-4-2-3-5-17(16)27-11-8-18(24)22-9-10-23-19(25)13-6-7-14(20)15(21)12-13/h2-7,12H,8-11H2,1H3,(H,22,24)(H,23,25). The normalized spacial score (nSPS) is 10.2. The Morgan fingerprint density at radius 2 is 1.67 bits per heavy atom. The number of rotatable bonds is 9. The van der Waals surface area contributed by atoms with Gasteiger partial charge in [-0.05, 0) is 30.3 Å². The van der Waals surface area contributed by atoms with E-state index in [1.54, 1.807) is 31.4 Å². The largest absolute Gasteiger partial charge is 0.493 e. The van der Waals surface area contributed by atoms with Gasteiger partial charge in [-0.25, -0.2) is 0 Å². The summed E-state index contributed by atoms with van der Waals surface area (Å²) in [5.74, 6) is 0.737. The molecule has 144 valence electrons. The maximum absolute atomic E-state index is 12.0. The highest BCUT2D eigenvalue weighted by molar-refractivity contribution is 6.42. The predicted molar refractivity (Wildman–Crippen MR) is 105 cm³/mol. The first-order valence-corrected chi connectivity index (χ1v) is 9.02. The van der Waals surface area contributed by atoms with Crippen molar-refractivity contribution in [1.29, 1.82) is 0 Å². The summed E-state index contributed by atoms with van der Waals surface area (Å²) >= 11 is 11.7. The molecule has 8 heteroatoms. The first-order valence-electron chi connectivity index (χ1n) is 8.27. The molecule has 27 heavy (non-hydrogen) atoms. The molecule has 0 heterocycles. The van der Waals surface area contributed by atoms with Gasteiger partial charge in [0.05, 0.1) is 30.2 Å². The molecule has 0 aromatic heterocycles. The number of nitrogens with one attached hydrogen (secondary N) is 2. The van der Waals surface area contributed by atoms with Gasteiger partial charge < -0.3 is 20.1 Å². The average Bonchev–Trinajstić information content (AvgIpc) is 2.67. The predicted octanol–water partition coefficient (Wildman–Crippen LogP) is 3.32. The fourth-order valence-corrected chi connectivity index (χ4v) is 2.50. The van der Waals surface area contributed by atoms with Gasteiger partial charge in [0, 0.05) is 18.7 Å². The van der Waals surface area contributed by atoms with Crippen LogP contribution in [-0.2, 0) is 4.79 Å². The summed E-state index contributed by atoms with van der Waals surface area (Å²) in [7, 11) is 1.56. The van der Waals surface area contributed by atoms with Gasteiger partial charge >= 0.3 is 0 Å². The zero-order valence-corrected chi connectivity index (χ0v) is 16.3. The smallest absolute Gasteiger partial charge is 0.251 e. The topological polar surface area (TPSA) is 76.7 Å². The first-order chi connectivity index (χ1) is 13.0. The molecule has 0 bridgehead atoms. The minimum absolute atomic E-state index is 0.173. The third kappa shape index (κ3) is 6.66. The van der Waals surface area contributed by atoms with E-state index in [-0.39, 0.29) is 31.4 Å². The number of carbonyl (C=O) groups is 2. The van der Waals surface area contributed by atoms with Gasteiger partial charge in [-0.1, -0.05) is 35.3 Å². The number of para-hydroxylation sites is 2. The fourth-order valence-electron chi connectivity index (χ4n) is 2.20. The molecule has 0 saturated carbocycles. The van der Waals surface area contributed by atoms with Crippen molar-refractivity contribution in [2.75, 3.05) is 26.8 Å². The SMILES string of the molecule is COc1ccccc1OCCC(=O)NCCNC(=O)c1ccc(Cl)c(Cl)c1. The van der Waals surface area contributed by atoms with Gasteiger partial charge in [0.1, 0.15) is 0 Å². The Balaban J connectivity index is 1.64. The number of halogens is 2. The Morgan fingerprint density at radius 1 is 0.963 bits per heavy atom. The van der Waals surface area contributed by atoms with Crippen LogP contribution in [0.3, 0.4) is 0 Å². The van der Waals surface area contributed by atoms with Crippen LogP contribution in [0, 0.1) is 0 Å². The van der Waals surface area contributed by atoms with Gasteiger partial charge in [-0.2, -0.15) is 0 Å². The Kier molecular flexibility index (Phi) is 8.23. The number of benzene rings is 2. The van der Waals surface area contributed by atoms with Crippen LogP contribution in [0.2, 0.25) is 10.0 Å². The maximum Gasteiger partial charge on any atom is 0.251 e. The van der Waals surface area contributed by atoms with Gasteiger partial charge in [-0.3, -0.25) is 9.59 Å². The summed E-state index contributed by atoms with van der Waals surface area (Å²) in [6.45, 7) is 0.820. The molecule has 2 aromatic rings. The van der Waals surface area contributed by atoms with E-state index < -0.39 is 0 Å². The third-order valence-corrected chi connectivity index (χ3v) is 4.31. The second-order valence-electron chi connectivity index (χ2n) is 5.48. The van der Waals surface area contributed by atoms with E-state index in [0.29, 0.717) is 33.7 Å². The van der Waals surface area contributed by atoms with Gasteiger partial charge in [0.25, 0.3) is 5.91 Å². The monoisotopic (exact) mass is 410 g/mol. The Labute approximate surface area is 167 Å². The summed E-state index contributed by atoms with van der Waals surface area (Å²) in [5.41, 5.74) is 0.404. The van der Waals surface area contributed by atoms with Crippen LogP contribution in [0.5, 0.6) is 11.5 Å². The summed E-state index contributed by atoms with van der Waals surface area (Å²) < 4.78 is 10.7. The third-order valence-electron chi connectivity index (χ3n) is 3.57. The van der Waals surface area contributed by atoms with Crippen LogP contribution < -0.4 is 20.1 Å². The number of methoxy groups -OCH3 is 1. The van der Waals surface area contributed by atoms with Crippen LogP contribution in [-0.4, -0.2) is 38.6 Å². The molecule has 0 radical (unpaired) electrons. The molecule has 0 aliphatic rings. The van der Waals surface area contributed by atoms with Crippen LogP contribution in [0.25, 0.3) is 0 Å². The van der Waals surface area contributed by atoms with E-state index in [0.717, 1.165) is 0 Å². The highest BCUT2D eigenvalue weighted by Gasteiger charge is 2.08. The zero-order chi connectivity index (χ0) is 19.6. The number of ether oxygens (including phenoxy) is 2. The number of hydrogen-bond acceptors (Lipinski definition) is 4. The minimum atomic E-state index is -0.290. The first kappa shape index (κ1) is 20.9. The van der Waals surface area contributed by atoms with Crippen LogP contribution in [0.15, 0.2) is 42.5 Å². The molecule has 2 aromatic carbocycles. The summed E-state index contributed by atoms with van der Waals surface area (Å²) in [5, 5.41) is 6.11. The van der Waals surface area contributed by atoms with Crippen molar-refractivity contribution in [2.45, 2.75) is 6.42 Å². The molecule has 0 aliphatic heterocycles. The molecule has 2 N–H and O–H groups in total. The molecule has 2 amide bonds. The molecule has 0 fully saturated rings. The second kappa shape index (κ2) is 10.6. The molecule has 2 rings (SSSR count). The van der Waals surface area contributed by atoms with Crippen molar-refractivity contribution in [3.63, 3.8) is 0 Å². The van der Waals surface area contributed by atoms with E-state index in [2.05, 4.69) is 10.6 Å². The van der Waals surface area contributed by atoms with Crippen molar-refractivity contribution in [3.8, 4) is 11.5 Å². The van der Waals surface area contributed by atoms with Crippen molar-refractivity contribution >= 4 is 35.0 Å². The van der Waals surface area contributed by atoms with Crippen molar-refractivity contribution in [1.82, 2.24) is 10.6 Å². The Hall–Kier alpha value is -2.44. The number of amides is 2. The average molecular weight is 411 g/mol. The van der Waals surface area contributed by atoms with Gasteiger partial charge in [0.2, 0.25) is 5.91 Å². The lowest BCUT2D eigenvalue weighted by atomic mass is 10.2. The van der Waals surface area contributed by atoms with Crippen LogP contribution >= 0.6 is 23.2 Å². The quantitative estimate of drug-likeness (QED) is 0.621. The molecular weight excluding hydrogens is 391 g/mol. The lowest BCUT2D eigenvalue weighted by molar-refractivity contribution is -0.121. The van der Waals surface area contributed by atoms with Crippen LogP contribution in [0.1, 0.15) is 16.8 Å². The molecule has 0 unspecified atom stereocenters. The van der Waals surface area contributed by atoms with Crippen molar-refractivity contribution in [2.24, 2.45) is 0 Å². The highest BCUT2D eigenvalue weighted by Crippen LogP contribution is 2.25. The molecule has 0 spiro atoms. The lowest BCUT2D eigenvalue weighted by Gasteiger charge is -2.10. The van der Waals surface area contributed by atoms with Gasteiger partial charge in [-0.15, -0.1) is 0 Å². The van der Waals surface area contributed by atoms with E-state index in [1.165, 1.54) is 6.07 Å². The van der Waals surface area contributed by atoms with E-state index in [9.17, 15) is 9.59 Å². The molecule has 6 nitrogen and oxygen atoms in total. The van der Waals surface area contributed by atoms with Crippen molar-refractivity contribution < 1.29 is 19.1 Å². The second-order valence-corrected chi connectivity index (χ2v) is 6.30. The molecule has 0 saturated heterocycles. The lowest BCUT2D eigenvalue weighted by Crippen LogP contribution is -2.35. The number of carbonyl (C=O) groups excluding carboxylic acids is 2. The molecule has 0 atom stereocenters. The fraction of sp³-hybridized carbons (Fsp3) is 0.263. The Bertz CT molecular complexity index is 799. The maximum atomic E-state index is 12.0. The zero-order valence-electron chi connectivity index (χ0n) is 14.8. The van der Waals surface area contributed by atoms with Crippen molar-refractivity contribution in [3.05, 3.63) is 58.1 Å². The summed E-state index contributed by atoms with van der Waals surface area (Å²) in [6.07, 6.45) is 0.193. The molecule has 0 aliphatic carbocycles. The minimum Gasteiger partial charge on any atom is -0.493 e. The van der Waals surface area contributed by atoms with Gasteiger partial charge in [0.15, 0.2) is 11.5 Å². The van der Waals surface area contributed by atoms with E-state index in [1.807, 2.05) is 12.1 Å². The van der Waals surface area contributed by atoms with E-state index >= 15 is 0 Å². The highest BCUT2D eigenvalue weighted by atomic mass is 35.5. The summed E-state index contributed by atoms with van der Waals surface area (Å²) in [6, 6.07) is 11.9. The van der Waals surface area contributed by atoms with Crippen LogP contribution in [0.4, 0.5) is 0 Å².